The molecule has 4 rings (SSSR count). The van der Waals surface area contributed by atoms with E-state index in [1.807, 2.05) is 0 Å². The van der Waals surface area contributed by atoms with Gasteiger partial charge in [-0.3, -0.25) is 4.99 Å². The molecule has 6 heteroatoms. The summed E-state index contributed by atoms with van der Waals surface area (Å²) in [6.07, 6.45) is 10.8. The van der Waals surface area contributed by atoms with Crippen LogP contribution in [0.25, 0.3) is 0 Å². The molecule has 0 aromatic heterocycles. The van der Waals surface area contributed by atoms with E-state index in [0.29, 0.717) is 23.5 Å². The smallest absolute Gasteiger partial charge is 0.193 e. The van der Waals surface area contributed by atoms with E-state index in [0.717, 1.165) is 44.8 Å². The number of fused-ring (bicyclic) bond motifs is 2. The lowest BCUT2D eigenvalue weighted by molar-refractivity contribution is -0.125. The van der Waals surface area contributed by atoms with Gasteiger partial charge in [-0.05, 0) is 51.4 Å². The zero-order chi connectivity index (χ0) is 18.0. The molecule has 2 saturated heterocycles. The second-order valence-electron chi connectivity index (χ2n) is 8.87. The van der Waals surface area contributed by atoms with Crippen molar-refractivity contribution >= 4 is 29.9 Å². The monoisotopic (exact) mass is 491 g/mol. The normalized spacial score (nSPS) is 32.7. The molecule has 4 aliphatic rings. The molecule has 3 atom stereocenters. The molecule has 1 N–H and O–H groups in total. The van der Waals surface area contributed by atoms with E-state index in [4.69, 9.17) is 14.5 Å². The van der Waals surface area contributed by atoms with Crippen LogP contribution in [0.5, 0.6) is 0 Å². The number of aliphatic imine (C=N–C) groups is 1. The molecule has 1 spiro atoms. The van der Waals surface area contributed by atoms with Crippen molar-refractivity contribution in [1.82, 2.24) is 10.2 Å². The van der Waals surface area contributed by atoms with Gasteiger partial charge in [0, 0.05) is 57.3 Å². The first-order valence-corrected chi connectivity index (χ1v) is 11.0. The molecule has 27 heavy (non-hydrogen) atoms. The van der Waals surface area contributed by atoms with E-state index >= 15 is 0 Å². The van der Waals surface area contributed by atoms with Crippen molar-refractivity contribution in [1.29, 1.82) is 0 Å². The van der Waals surface area contributed by atoms with E-state index in [1.54, 1.807) is 0 Å². The van der Waals surface area contributed by atoms with Gasteiger partial charge in [-0.25, -0.2) is 0 Å². The summed E-state index contributed by atoms with van der Waals surface area (Å²) in [6, 6.07) is 0.563. The summed E-state index contributed by atoms with van der Waals surface area (Å²) in [5.41, 5.74) is 0.386. The average molecular weight is 491 g/mol. The molecule has 3 unspecified atom stereocenters. The molecule has 0 radical (unpaired) electrons. The van der Waals surface area contributed by atoms with Gasteiger partial charge in [-0.15, -0.1) is 24.0 Å². The van der Waals surface area contributed by atoms with Crippen LogP contribution in [-0.4, -0.2) is 63.0 Å². The van der Waals surface area contributed by atoms with Crippen LogP contribution in [-0.2, 0) is 9.47 Å². The Balaban J connectivity index is 0.00000210. The molecule has 0 aromatic rings. The Labute approximate surface area is 182 Å². The fourth-order valence-electron chi connectivity index (χ4n) is 5.99. The highest BCUT2D eigenvalue weighted by Crippen LogP contribution is 2.60. The van der Waals surface area contributed by atoms with Gasteiger partial charge in [0.1, 0.15) is 0 Å². The Morgan fingerprint density at radius 3 is 2.59 bits per heavy atom. The van der Waals surface area contributed by atoms with Gasteiger partial charge in [0.15, 0.2) is 5.96 Å². The predicted octanol–water partition coefficient (Wildman–Crippen LogP) is 3.67. The van der Waals surface area contributed by atoms with E-state index < -0.39 is 0 Å². The molecule has 0 aromatic carbocycles. The lowest BCUT2D eigenvalue weighted by Crippen LogP contribution is -2.69. The van der Waals surface area contributed by atoms with Crippen LogP contribution in [0.3, 0.4) is 0 Å². The molecule has 0 bridgehead atoms. The Hall–Kier alpha value is -0.0800. The molecule has 2 aliphatic carbocycles. The molecule has 2 saturated carbocycles. The number of guanidine groups is 1. The van der Waals surface area contributed by atoms with Gasteiger partial charge in [-0.2, -0.15) is 0 Å². The number of nitrogens with zero attached hydrogens (tertiary/aromatic N) is 2. The van der Waals surface area contributed by atoms with Crippen molar-refractivity contribution in [3.8, 4) is 0 Å². The zero-order valence-corrected chi connectivity index (χ0v) is 19.5. The first kappa shape index (κ1) is 21.6. The lowest BCUT2D eigenvalue weighted by atomic mass is 9.54. The zero-order valence-electron chi connectivity index (χ0n) is 17.1. The molecule has 2 aliphatic heterocycles. The summed E-state index contributed by atoms with van der Waals surface area (Å²) in [5.74, 6) is 2.62. The molecule has 5 nitrogen and oxygen atoms in total. The van der Waals surface area contributed by atoms with E-state index in [-0.39, 0.29) is 24.0 Å². The molecule has 4 fully saturated rings. The number of nitrogens with one attached hydrogen (secondary N) is 1. The number of halogens is 1. The second kappa shape index (κ2) is 9.61. The van der Waals surface area contributed by atoms with Gasteiger partial charge in [0.25, 0.3) is 0 Å². The van der Waals surface area contributed by atoms with Crippen LogP contribution in [0.2, 0.25) is 0 Å². The minimum Gasteiger partial charge on any atom is -0.381 e. The quantitative estimate of drug-likeness (QED) is 0.362. The van der Waals surface area contributed by atoms with Crippen molar-refractivity contribution in [3.63, 3.8) is 0 Å². The van der Waals surface area contributed by atoms with Crippen LogP contribution in [0.4, 0.5) is 0 Å². The fraction of sp³-hybridized carbons (Fsp3) is 0.952. The first-order valence-electron chi connectivity index (χ1n) is 11.0. The van der Waals surface area contributed by atoms with E-state index in [2.05, 4.69) is 24.2 Å². The number of ether oxygens (including phenoxy) is 2. The topological polar surface area (TPSA) is 46.1 Å². The molecule has 0 amide bonds. The largest absolute Gasteiger partial charge is 0.381 e. The lowest BCUT2D eigenvalue weighted by Gasteiger charge is -2.57. The minimum atomic E-state index is 0. The van der Waals surface area contributed by atoms with E-state index in [9.17, 15) is 0 Å². The summed E-state index contributed by atoms with van der Waals surface area (Å²) in [6.45, 7) is 6.90. The van der Waals surface area contributed by atoms with Crippen LogP contribution in [0, 0.1) is 17.3 Å². The van der Waals surface area contributed by atoms with Crippen molar-refractivity contribution < 1.29 is 9.47 Å². The third kappa shape index (κ3) is 4.27. The van der Waals surface area contributed by atoms with E-state index in [1.165, 1.54) is 51.4 Å². The maximum Gasteiger partial charge on any atom is 0.193 e. The number of hydrogen-bond donors (Lipinski definition) is 1. The van der Waals surface area contributed by atoms with Crippen molar-refractivity contribution in [2.45, 2.75) is 70.4 Å². The summed E-state index contributed by atoms with van der Waals surface area (Å²) in [4.78, 5) is 7.21. The minimum absolute atomic E-state index is 0. The summed E-state index contributed by atoms with van der Waals surface area (Å²) >= 11 is 0. The van der Waals surface area contributed by atoms with Gasteiger partial charge in [0.05, 0.1) is 6.10 Å². The molecule has 2 heterocycles. The van der Waals surface area contributed by atoms with Crippen LogP contribution < -0.4 is 5.32 Å². The summed E-state index contributed by atoms with van der Waals surface area (Å²) in [5, 5.41) is 3.92. The van der Waals surface area contributed by atoms with Crippen LogP contribution in [0.1, 0.15) is 58.3 Å². The predicted molar refractivity (Wildman–Crippen MR) is 120 cm³/mol. The maximum absolute atomic E-state index is 6.14. The summed E-state index contributed by atoms with van der Waals surface area (Å²) in [7, 11) is 2.21. The third-order valence-corrected chi connectivity index (χ3v) is 7.45. The second-order valence-corrected chi connectivity index (χ2v) is 8.87. The highest BCUT2D eigenvalue weighted by molar-refractivity contribution is 14.0. The van der Waals surface area contributed by atoms with Crippen molar-refractivity contribution in [2.24, 2.45) is 22.2 Å². The van der Waals surface area contributed by atoms with Crippen LogP contribution in [0.15, 0.2) is 4.99 Å². The third-order valence-electron chi connectivity index (χ3n) is 7.45. The Morgan fingerprint density at radius 2 is 1.89 bits per heavy atom. The van der Waals surface area contributed by atoms with Crippen LogP contribution >= 0.6 is 24.0 Å². The van der Waals surface area contributed by atoms with Crippen molar-refractivity contribution in [3.05, 3.63) is 0 Å². The van der Waals surface area contributed by atoms with Gasteiger partial charge in [0.2, 0.25) is 0 Å². The molecular weight excluding hydrogens is 453 g/mol. The fourth-order valence-corrected chi connectivity index (χ4v) is 5.99. The first-order chi connectivity index (χ1) is 12.7. The van der Waals surface area contributed by atoms with Gasteiger partial charge >= 0.3 is 0 Å². The molecular formula is C21H38IN3O2. The standard InChI is InChI=1S/C21H37N3O2.HI/c1-3-22-20(24(2)12-6-16-7-13-25-14-8-16)23-18-17-9-15-26-19(17)21(18)10-4-5-11-21;/h16-19H,3-15H2,1-2H3,(H,22,23);1H. The van der Waals surface area contributed by atoms with Gasteiger partial charge in [-0.1, -0.05) is 12.8 Å². The Morgan fingerprint density at radius 1 is 1.15 bits per heavy atom. The number of rotatable bonds is 5. The Bertz CT molecular complexity index is 504. The van der Waals surface area contributed by atoms with Gasteiger partial charge < -0.3 is 19.7 Å². The highest BCUT2D eigenvalue weighted by Gasteiger charge is 2.65. The van der Waals surface area contributed by atoms with Crippen molar-refractivity contribution in [2.75, 3.05) is 40.0 Å². The Kier molecular flexibility index (Phi) is 7.70. The summed E-state index contributed by atoms with van der Waals surface area (Å²) < 4.78 is 11.6. The number of hydrogen-bond acceptors (Lipinski definition) is 3. The average Bonchev–Trinajstić information content (AvgIpc) is 3.32. The highest BCUT2D eigenvalue weighted by atomic mass is 127. The maximum atomic E-state index is 6.14. The SMILES string of the molecule is CCN=C(NC1C2CCOC2C12CCCC2)N(C)CCC1CCOCC1.I. The molecule has 156 valence electrons.